The fourth-order valence-electron chi connectivity index (χ4n) is 3.22. The summed E-state index contributed by atoms with van der Waals surface area (Å²) >= 11 is 0. The molecule has 18 heavy (non-hydrogen) atoms. The van der Waals surface area contributed by atoms with Gasteiger partial charge in [0.2, 0.25) is 0 Å². The van der Waals surface area contributed by atoms with Crippen molar-refractivity contribution < 1.29 is 13.5 Å². The summed E-state index contributed by atoms with van der Waals surface area (Å²) in [6.45, 7) is -0.400. The van der Waals surface area contributed by atoms with E-state index in [1.54, 1.807) is 12.1 Å². The fourth-order valence-corrected chi connectivity index (χ4v) is 3.22. The molecule has 98 valence electrons. The van der Waals surface area contributed by atoms with E-state index in [1.807, 2.05) is 12.1 Å². The van der Waals surface area contributed by atoms with Gasteiger partial charge < -0.3 is 10.1 Å². The van der Waals surface area contributed by atoms with Gasteiger partial charge in [0.1, 0.15) is 5.75 Å². The van der Waals surface area contributed by atoms with Crippen LogP contribution in [-0.4, -0.2) is 19.7 Å². The van der Waals surface area contributed by atoms with Crippen LogP contribution in [0.3, 0.4) is 0 Å². The summed E-state index contributed by atoms with van der Waals surface area (Å²) < 4.78 is 28.3. The first kappa shape index (κ1) is 11.9. The number of halogens is 2. The zero-order chi connectivity index (χ0) is 12.6. The van der Waals surface area contributed by atoms with Gasteiger partial charge >= 0.3 is 6.61 Å². The molecular formula is C14H17F2NO. The molecule has 2 aliphatic rings. The molecule has 1 aromatic rings. The van der Waals surface area contributed by atoms with Crippen LogP contribution in [0.2, 0.25) is 0 Å². The van der Waals surface area contributed by atoms with Gasteiger partial charge in [-0.3, -0.25) is 0 Å². The van der Waals surface area contributed by atoms with Crippen LogP contribution in [0.5, 0.6) is 5.75 Å². The van der Waals surface area contributed by atoms with Crippen LogP contribution >= 0.6 is 0 Å². The number of benzene rings is 1. The molecule has 0 atom stereocenters. The standard InChI is InChI=1S/C14H17F2NO/c15-13(16)18-12-3-1-10(2-4-12)5-11-6-14(7-11)8-17-9-14/h1-4,11,13,17H,5-9H2. The average molecular weight is 253 g/mol. The van der Waals surface area contributed by atoms with Gasteiger partial charge in [-0.15, -0.1) is 0 Å². The van der Waals surface area contributed by atoms with E-state index in [0.717, 1.165) is 12.3 Å². The topological polar surface area (TPSA) is 21.3 Å². The van der Waals surface area contributed by atoms with Crippen molar-refractivity contribution in [2.24, 2.45) is 11.3 Å². The molecule has 1 spiro atoms. The summed E-state index contributed by atoms with van der Waals surface area (Å²) in [6, 6.07) is 7.03. The summed E-state index contributed by atoms with van der Waals surface area (Å²) in [5.41, 5.74) is 1.81. The molecule has 0 radical (unpaired) electrons. The molecule has 1 aliphatic carbocycles. The highest BCUT2D eigenvalue weighted by Gasteiger charge is 2.47. The van der Waals surface area contributed by atoms with Crippen LogP contribution in [0.15, 0.2) is 24.3 Å². The Balaban J connectivity index is 1.51. The number of hydrogen-bond donors (Lipinski definition) is 1. The Morgan fingerprint density at radius 2 is 1.89 bits per heavy atom. The molecule has 4 heteroatoms. The average Bonchev–Trinajstić information content (AvgIpc) is 2.21. The lowest BCUT2D eigenvalue weighted by Gasteiger charge is -2.54. The van der Waals surface area contributed by atoms with Crippen molar-refractivity contribution in [3.63, 3.8) is 0 Å². The van der Waals surface area contributed by atoms with E-state index < -0.39 is 6.61 Å². The van der Waals surface area contributed by atoms with E-state index in [0.29, 0.717) is 5.41 Å². The zero-order valence-electron chi connectivity index (χ0n) is 10.2. The lowest BCUT2D eigenvalue weighted by molar-refractivity contribution is -0.0498. The first-order valence-corrected chi connectivity index (χ1v) is 6.40. The molecule has 0 unspecified atom stereocenters. The Kier molecular flexibility index (Phi) is 2.98. The lowest BCUT2D eigenvalue weighted by Crippen LogP contribution is -2.60. The SMILES string of the molecule is FC(F)Oc1ccc(CC2CC3(CNC3)C2)cc1. The van der Waals surface area contributed by atoms with Crippen molar-refractivity contribution in [1.82, 2.24) is 5.32 Å². The second-order valence-corrected chi connectivity index (χ2v) is 5.60. The summed E-state index contributed by atoms with van der Waals surface area (Å²) in [5.74, 6) is 0.996. The minimum absolute atomic E-state index is 0.238. The van der Waals surface area contributed by atoms with Crippen LogP contribution < -0.4 is 10.1 Å². The van der Waals surface area contributed by atoms with Gasteiger partial charge in [0.05, 0.1) is 0 Å². The maximum atomic E-state index is 12.0. The molecule has 1 aliphatic heterocycles. The van der Waals surface area contributed by atoms with E-state index in [1.165, 1.54) is 31.5 Å². The van der Waals surface area contributed by atoms with Crippen LogP contribution in [0.4, 0.5) is 8.78 Å². The largest absolute Gasteiger partial charge is 0.435 e. The van der Waals surface area contributed by atoms with E-state index in [-0.39, 0.29) is 5.75 Å². The van der Waals surface area contributed by atoms with Gasteiger partial charge in [-0.05, 0) is 48.3 Å². The molecule has 1 saturated heterocycles. The monoisotopic (exact) mass is 253 g/mol. The van der Waals surface area contributed by atoms with Crippen molar-refractivity contribution in [3.8, 4) is 5.75 Å². The molecule has 0 bridgehead atoms. The predicted octanol–water partition coefficient (Wildman–Crippen LogP) is 2.83. The van der Waals surface area contributed by atoms with E-state index in [9.17, 15) is 8.78 Å². The van der Waals surface area contributed by atoms with Gasteiger partial charge in [0.15, 0.2) is 0 Å². The number of alkyl halides is 2. The number of hydrogen-bond acceptors (Lipinski definition) is 2. The third kappa shape index (κ3) is 2.34. The Bertz CT molecular complexity index is 406. The molecule has 0 amide bonds. The number of ether oxygens (including phenoxy) is 1. The second kappa shape index (κ2) is 4.50. The number of nitrogens with one attached hydrogen (secondary N) is 1. The Morgan fingerprint density at radius 3 is 2.39 bits per heavy atom. The normalized spacial score (nSPS) is 21.7. The van der Waals surface area contributed by atoms with Gasteiger partial charge in [-0.1, -0.05) is 12.1 Å². The second-order valence-electron chi connectivity index (χ2n) is 5.60. The molecule has 1 N–H and O–H groups in total. The molecule has 2 nitrogen and oxygen atoms in total. The summed E-state index contributed by atoms with van der Waals surface area (Å²) in [7, 11) is 0. The minimum atomic E-state index is -2.74. The van der Waals surface area contributed by atoms with E-state index >= 15 is 0 Å². The molecule has 1 saturated carbocycles. The first-order valence-electron chi connectivity index (χ1n) is 6.40. The van der Waals surface area contributed by atoms with Crippen molar-refractivity contribution in [2.75, 3.05) is 13.1 Å². The predicted molar refractivity (Wildman–Crippen MR) is 64.8 cm³/mol. The summed E-state index contributed by atoms with van der Waals surface area (Å²) in [6.07, 6.45) is 3.65. The third-order valence-electron chi connectivity index (χ3n) is 4.12. The van der Waals surface area contributed by atoms with Crippen molar-refractivity contribution >= 4 is 0 Å². The Morgan fingerprint density at radius 1 is 1.22 bits per heavy atom. The maximum absolute atomic E-state index is 12.0. The molecule has 1 heterocycles. The minimum Gasteiger partial charge on any atom is -0.435 e. The van der Waals surface area contributed by atoms with E-state index in [4.69, 9.17) is 0 Å². The summed E-state index contributed by atoms with van der Waals surface area (Å²) in [4.78, 5) is 0. The molecule has 3 rings (SSSR count). The molecular weight excluding hydrogens is 236 g/mol. The van der Waals surface area contributed by atoms with Crippen LogP contribution in [-0.2, 0) is 6.42 Å². The highest BCUT2D eigenvalue weighted by molar-refractivity contribution is 5.28. The first-order chi connectivity index (χ1) is 8.65. The molecule has 2 fully saturated rings. The quantitative estimate of drug-likeness (QED) is 0.891. The van der Waals surface area contributed by atoms with Gasteiger partial charge in [0.25, 0.3) is 0 Å². The van der Waals surface area contributed by atoms with Crippen molar-refractivity contribution in [1.29, 1.82) is 0 Å². The maximum Gasteiger partial charge on any atom is 0.387 e. The highest BCUT2D eigenvalue weighted by atomic mass is 19.3. The third-order valence-corrected chi connectivity index (χ3v) is 4.12. The zero-order valence-corrected chi connectivity index (χ0v) is 10.2. The smallest absolute Gasteiger partial charge is 0.387 e. The Labute approximate surface area is 105 Å². The fraction of sp³-hybridized carbons (Fsp3) is 0.571. The summed E-state index contributed by atoms with van der Waals surface area (Å²) in [5, 5.41) is 3.33. The Hall–Kier alpha value is -1.16. The van der Waals surface area contributed by atoms with Gasteiger partial charge in [-0.2, -0.15) is 8.78 Å². The van der Waals surface area contributed by atoms with E-state index in [2.05, 4.69) is 10.1 Å². The van der Waals surface area contributed by atoms with Crippen LogP contribution in [0.1, 0.15) is 18.4 Å². The van der Waals surface area contributed by atoms with Gasteiger partial charge in [0, 0.05) is 13.1 Å². The van der Waals surface area contributed by atoms with Crippen LogP contribution in [0.25, 0.3) is 0 Å². The highest BCUT2D eigenvalue weighted by Crippen LogP contribution is 2.49. The van der Waals surface area contributed by atoms with Crippen molar-refractivity contribution in [2.45, 2.75) is 25.9 Å². The molecule has 0 aromatic heterocycles. The van der Waals surface area contributed by atoms with Crippen LogP contribution in [0, 0.1) is 11.3 Å². The van der Waals surface area contributed by atoms with Crippen molar-refractivity contribution in [3.05, 3.63) is 29.8 Å². The molecule has 1 aromatic carbocycles. The number of rotatable bonds is 4. The van der Waals surface area contributed by atoms with Gasteiger partial charge in [-0.25, -0.2) is 0 Å². The lowest BCUT2D eigenvalue weighted by atomic mass is 9.57.